The fourth-order valence-electron chi connectivity index (χ4n) is 1.68. The minimum Gasteiger partial charge on any atom is -0.442 e. The van der Waals surface area contributed by atoms with Crippen LogP contribution in [0.5, 0.6) is 0 Å². The first kappa shape index (κ1) is 13.8. The second-order valence-corrected chi connectivity index (χ2v) is 5.13. The minimum atomic E-state index is -0.821. The molecule has 0 aromatic rings. The number of nitrogens with one attached hydrogen (secondary N) is 1. The molecule has 0 aliphatic heterocycles. The number of hydroxylamine groups is 1. The Balaban J connectivity index is 2.31. The van der Waals surface area contributed by atoms with Gasteiger partial charge in [0.1, 0.15) is 5.60 Å². The van der Waals surface area contributed by atoms with E-state index in [1.165, 1.54) is 0 Å². The molecule has 1 fully saturated rings. The van der Waals surface area contributed by atoms with Crippen molar-refractivity contribution in [2.45, 2.75) is 51.7 Å². The Labute approximate surface area is 100 Å². The van der Waals surface area contributed by atoms with Crippen LogP contribution in [0.1, 0.15) is 40.0 Å². The predicted molar refractivity (Wildman–Crippen MR) is 58.8 cm³/mol. The minimum absolute atomic E-state index is 0.551. The molecule has 0 bridgehead atoms. The monoisotopic (exact) mass is 245 g/mol. The third kappa shape index (κ3) is 4.60. The van der Waals surface area contributed by atoms with Crippen LogP contribution in [-0.2, 0) is 14.4 Å². The average Bonchev–Trinajstić information content (AvgIpc) is 2.58. The third-order valence-electron chi connectivity index (χ3n) is 2.42. The fraction of sp³-hybridized carbons (Fsp3) is 0.818. The van der Waals surface area contributed by atoms with Crippen LogP contribution in [0.3, 0.4) is 0 Å². The van der Waals surface area contributed by atoms with Crippen molar-refractivity contribution in [3.8, 4) is 0 Å². The summed E-state index contributed by atoms with van der Waals surface area (Å²) >= 11 is 0. The number of hydrogen-bond acceptors (Lipinski definition) is 5. The zero-order valence-corrected chi connectivity index (χ0v) is 10.4. The SMILES string of the molecule is CC(C)(C)OC(=O)NOC(=O)C1CCCC1O. The van der Waals surface area contributed by atoms with Crippen molar-refractivity contribution in [2.75, 3.05) is 0 Å². The zero-order chi connectivity index (χ0) is 13.1. The number of rotatable bonds is 1. The molecule has 6 nitrogen and oxygen atoms in total. The van der Waals surface area contributed by atoms with Crippen LogP contribution in [0.2, 0.25) is 0 Å². The Bertz CT molecular complexity index is 297. The smallest absolute Gasteiger partial charge is 0.441 e. The van der Waals surface area contributed by atoms with Gasteiger partial charge in [-0.15, -0.1) is 5.48 Å². The zero-order valence-electron chi connectivity index (χ0n) is 10.4. The summed E-state index contributed by atoms with van der Waals surface area (Å²) in [5.41, 5.74) is 1.27. The van der Waals surface area contributed by atoms with Gasteiger partial charge in [0.05, 0.1) is 12.0 Å². The lowest BCUT2D eigenvalue weighted by Crippen LogP contribution is -2.36. The molecule has 2 N–H and O–H groups in total. The van der Waals surface area contributed by atoms with E-state index in [0.717, 1.165) is 6.42 Å². The highest BCUT2D eigenvalue weighted by molar-refractivity contribution is 5.76. The lowest BCUT2D eigenvalue weighted by Gasteiger charge is -2.20. The molecule has 98 valence electrons. The lowest BCUT2D eigenvalue weighted by molar-refractivity contribution is -0.158. The molecule has 1 amide bonds. The maximum absolute atomic E-state index is 11.5. The number of hydrogen-bond donors (Lipinski definition) is 2. The molecule has 0 heterocycles. The van der Waals surface area contributed by atoms with E-state index in [4.69, 9.17) is 4.74 Å². The lowest BCUT2D eigenvalue weighted by atomic mass is 10.1. The average molecular weight is 245 g/mol. The van der Waals surface area contributed by atoms with E-state index in [2.05, 4.69) is 4.84 Å². The normalized spacial score (nSPS) is 24.2. The molecule has 1 aliphatic rings. The van der Waals surface area contributed by atoms with Crippen molar-refractivity contribution in [3.63, 3.8) is 0 Å². The first-order chi connectivity index (χ1) is 7.79. The topological polar surface area (TPSA) is 84.9 Å². The molecule has 6 heteroatoms. The maximum atomic E-state index is 11.5. The van der Waals surface area contributed by atoms with Gasteiger partial charge in [0.25, 0.3) is 0 Å². The van der Waals surface area contributed by atoms with Crippen molar-refractivity contribution in [3.05, 3.63) is 0 Å². The Morgan fingerprint density at radius 3 is 2.41 bits per heavy atom. The number of ether oxygens (including phenoxy) is 1. The predicted octanol–water partition coefficient (Wildman–Crippen LogP) is 1.13. The van der Waals surface area contributed by atoms with E-state index in [1.807, 2.05) is 5.48 Å². The van der Waals surface area contributed by atoms with Gasteiger partial charge in [0.15, 0.2) is 0 Å². The first-order valence-electron chi connectivity index (χ1n) is 5.67. The molecule has 0 radical (unpaired) electrons. The van der Waals surface area contributed by atoms with Gasteiger partial charge in [0, 0.05) is 0 Å². The van der Waals surface area contributed by atoms with Gasteiger partial charge in [-0.3, -0.25) is 0 Å². The number of aliphatic hydroxyl groups is 1. The molecule has 17 heavy (non-hydrogen) atoms. The first-order valence-corrected chi connectivity index (χ1v) is 5.67. The molecule has 0 aromatic heterocycles. The van der Waals surface area contributed by atoms with Gasteiger partial charge >= 0.3 is 12.1 Å². The Morgan fingerprint density at radius 1 is 1.29 bits per heavy atom. The molecule has 0 aromatic carbocycles. The van der Waals surface area contributed by atoms with Crippen LogP contribution in [0, 0.1) is 5.92 Å². The summed E-state index contributed by atoms with van der Waals surface area (Å²) in [7, 11) is 0. The third-order valence-corrected chi connectivity index (χ3v) is 2.42. The van der Waals surface area contributed by atoms with Crippen LogP contribution >= 0.6 is 0 Å². The summed E-state index contributed by atoms with van der Waals surface area (Å²) in [5.74, 6) is -1.18. The molecule has 0 saturated heterocycles. The van der Waals surface area contributed by atoms with Crippen molar-refractivity contribution >= 4 is 12.1 Å². The van der Waals surface area contributed by atoms with E-state index < -0.39 is 29.7 Å². The summed E-state index contributed by atoms with van der Waals surface area (Å²) < 4.78 is 4.89. The van der Waals surface area contributed by atoms with Gasteiger partial charge in [0.2, 0.25) is 0 Å². The molecular formula is C11H19NO5. The van der Waals surface area contributed by atoms with Gasteiger partial charge in [-0.25, -0.2) is 9.59 Å². The molecule has 2 atom stereocenters. The Morgan fingerprint density at radius 2 is 1.94 bits per heavy atom. The molecular weight excluding hydrogens is 226 g/mol. The summed E-state index contributed by atoms with van der Waals surface area (Å²) in [5, 5.41) is 9.47. The number of carbonyl (C=O) groups is 2. The second kappa shape index (κ2) is 5.35. The Kier molecular flexibility index (Phi) is 4.34. The van der Waals surface area contributed by atoms with Crippen LogP contribution in [0.4, 0.5) is 4.79 Å². The summed E-state index contributed by atoms with van der Waals surface area (Å²) in [4.78, 5) is 27.2. The fourth-order valence-corrected chi connectivity index (χ4v) is 1.68. The van der Waals surface area contributed by atoms with Crippen LogP contribution < -0.4 is 5.48 Å². The summed E-state index contributed by atoms with van der Waals surface area (Å²) in [6.07, 6.45) is 0.455. The number of carbonyl (C=O) groups excluding carboxylic acids is 2. The molecule has 0 spiro atoms. The quantitative estimate of drug-likeness (QED) is 0.676. The summed E-state index contributed by atoms with van der Waals surface area (Å²) in [6, 6.07) is 0. The molecule has 1 saturated carbocycles. The maximum Gasteiger partial charge on any atom is 0.441 e. The van der Waals surface area contributed by atoms with E-state index >= 15 is 0 Å². The van der Waals surface area contributed by atoms with Gasteiger partial charge in [-0.2, -0.15) is 0 Å². The van der Waals surface area contributed by atoms with E-state index in [9.17, 15) is 14.7 Å². The van der Waals surface area contributed by atoms with Crippen LogP contribution in [-0.4, -0.2) is 28.9 Å². The molecule has 2 unspecified atom stereocenters. The highest BCUT2D eigenvalue weighted by Crippen LogP contribution is 2.26. The highest BCUT2D eigenvalue weighted by Gasteiger charge is 2.33. The molecule has 1 rings (SSSR count). The van der Waals surface area contributed by atoms with Gasteiger partial charge < -0.3 is 14.7 Å². The Hall–Kier alpha value is -1.30. The molecule has 1 aliphatic carbocycles. The van der Waals surface area contributed by atoms with Crippen LogP contribution in [0.15, 0.2) is 0 Å². The van der Waals surface area contributed by atoms with Gasteiger partial charge in [-0.05, 0) is 40.0 Å². The van der Waals surface area contributed by atoms with Gasteiger partial charge in [-0.1, -0.05) is 0 Å². The largest absolute Gasteiger partial charge is 0.442 e. The van der Waals surface area contributed by atoms with Crippen molar-refractivity contribution in [2.24, 2.45) is 5.92 Å². The highest BCUT2D eigenvalue weighted by atomic mass is 16.7. The standard InChI is InChI=1S/C11H19NO5/c1-11(2,3)16-10(15)12-17-9(14)7-5-4-6-8(7)13/h7-8,13H,4-6H2,1-3H3,(H,12,15). The van der Waals surface area contributed by atoms with Crippen molar-refractivity contribution in [1.82, 2.24) is 5.48 Å². The van der Waals surface area contributed by atoms with E-state index in [0.29, 0.717) is 12.8 Å². The van der Waals surface area contributed by atoms with Crippen molar-refractivity contribution in [1.29, 1.82) is 0 Å². The summed E-state index contributed by atoms with van der Waals surface area (Å²) in [6.45, 7) is 5.11. The van der Waals surface area contributed by atoms with E-state index in [-0.39, 0.29) is 0 Å². The number of amides is 1. The van der Waals surface area contributed by atoms with Crippen molar-refractivity contribution < 1.29 is 24.3 Å². The van der Waals surface area contributed by atoms with E-state index in [1.54, 1.807) is 20.8 Å². The second-order valence-electron chi connectivity index (χ2n) is 5.13. The number of aliphatic hydroxyl groups excluding tert-OH is 1. The van der Waals surface area contributed by atoms with Crippen LogP contribution in [0.25, 0.3) is 0 Å².